The van der Waals surface area contributed by atoms with Gasteiger partial charge >= 0.3 is 0 Å². The highest BCUT2D eigenvalue weighted by Gasteiger charge is 2.02. The first-order valence-corrected chi connectivity index (χ1v) is 5.64. The zero-order valence-corrected chi connectivity index (χ0v) is 9.84. The number of carbonyl (C=O) groups excluding carboxylic acids is 1. The Balaban J connectivity index is 2.05. The smallest absolute Gasteiger partial charge is 0.255 e. The van der Waals surface area contributed by atoms with Crippen LogP contribution in [0.3, 0.4) is 0 Å². The monoisotopic (exact) mass is 238 g/mol. The highest BCUT2D eigenvalue weighted by atomic mass is 16.1. The minimum Gasteiger partial charge on any atom is -0.397 e. The number of nitrogens with two attached hydrogens (primary N) is 1. The second-order valence-corrected chi connectivity index (χ2v) is 3.81. The maximum absolute atomic E-state index is 11.8. The third-order valence-electron chi connectivity index (χ3n) is 2.50. The van der Waals surface area contributed by atoms with Gasteiger partial charge < -0.3 is 11.1 Å². The molecule has 0 bridgehead atoms. The SMILES string of the molecule is N/C(=C/NC(=O)c1ccccc1)c1ccccc1. The van der Waals surface area contributed by atoms with E-state index in [4.69, 9.17) is 5.73 Å². The molecule has 0 aliphatic rings. The van der Waals surface area contributed by atoms with E-state index < -0.39 is 0 Å². The van der Waals surface area contributed by atoms with Crippen molar-refractivity contribution in [3.05, 3.63) is 78.0 Å². The molecule has 90 valence electrons. The first kappa shape index (κ1) is 11.9. The molecule has 0 unspecified atom stereocenters. The Hall–Kier alpha value is -2.55. The van der Waals surface area contributed by atoms with E-state index in [2.05, 4.69) is 5.32 Å². The van der Waals surface area contributed by atoms with E-state index in [9.17, 15) is 4.79 Å². The van der Waals surface area contributed by atoms with Crippen molar-refractivity contribution < 1.29 is 4.79 Å². The van der Waals surface area contributed by atoms with Crippen LogP contribution in [0.25, 0.3) is 5.70 Å². The van der Waals surface area contributed by atoms with Crippen LogP contribution in [0.5, 0.6) is 0 Å². The van der Waals surface area contributed by atoms with Crippen LogP contribution in [0.4, 0.5) is 0 Å². The van der Waals surface area contributed by atoms with Gasteiger partial charge in [0.25, 0.3) is 5.91 Å². The second kappa shape index (κ2) is 5.68. The van der Waals surface area contributed by atoms with Crippen LogP contribution in [0, 0.1) is 0 Å². The molecule has 2 aromatic carbocycles. The predicted octanol–water partition coefficient (Wildman–Crippen LogP) is 2.37. The fourth-order valence-corrected chi connectivity index (χ4v) is 1.53. The predicted molar refractivity (Wildman–Crippen MR) is 72.5 cm³/mol. The summed E-state index contributed by atoms with van der Waals surface area (Å²) >= 11 is 0. The molecular weight excluding hydrogens is 224 g/mol. The lowest BCUT2D eigenvalue weighted by atomic mass is 10.2. The van der Waals surface area contributed by atoms with Gasteiger partial charge in [-0.3, -0.25) is 4.79 Å². The van der Waals surface area contributed by atoms with Crippen molar-refractivity contribution in [2.75, 3.05) is 0 Å². The third kappa shape index (κ3) is 2.98. The van der Waals surface area contributed by atoms with E-state index in [-0.39, 0.29) is 5.91 Å². The standard InChI is InChI=1S/C15H14N2O/c16-14(12-7-3-1-4-8-12)11-17-15(18)13-9-5-2-6-10-13/h1-11H,16H2,(H,17,18)/b14-11+. The lowest BCUT2D eigenvalue weighted by molar-refractivity contribution is 0.0970. The number of benzene rings is 2. The summed E-state index contributed by atoms with van der Waals surface area (Å²) in [5.74, 6) is -0.172. The fourth-order valence-electron chi connectivity index (χ4n) is 1.53. The molecular formula is C15H14N2O. The molecule has 0 fully saturated rings. The van der Waals surface area contributed by atoms with E-state index in [1.165, 1.54) is 6.20 Å². The van der Waals surface area contributed by atoms with Crippen molar-refractivity contribution in [2.24, 2.45) is 5.73 Å². The van der Waals surface area contributed by atoms with Crippen LogP contribution < -0.4 is 11.1 Å². The number of hydrogen-bond acceptors (Lipinski definition) is 2. The second-order valence-electron chi connectivity index (χ2n) is 3.81. The van der Waals surface area contributed by atoms with Gasteiger partial charge in [-0.15, -0.1) is 0 Å². The minimum atomic E-state index is -0.172. The molecule has 0 saturated carbocycles. The van der Waals surface area contributed by atoms with Gasteiger partial charge in [0, 0.05) is 11.8 Å². The molecule has 0 aliphatic heterocycles. The Morgan fingerprint density at radius 1 is 0.889 bits per heavy atom. The van der Waals surface area contributed by atoms with Gasteiger partial charge in [0.05, 0.1) is 5.70 Å². The largest absolute Gasteiger partial charge is 0.397 e. The summed E-state index contributed by atoms with van der Waals surface area (Å²) in [5, 5.41) is 2.67. The highest BCUT2D eigenvalue weighted by Crippen LogP contribution is 2.06. The summed E-state index contributed by atoms with van der Waals surface area (Å²) in [5.41, 5.74) is 7.88. The minimum absolute atomic E-state index is 0.172. The van der Waals surface area contributed by atoms with Crippen molar-refractivity contribution in [2.45, 2.75) is 0 Å². The Bertz CT molecular complexity index is 547. The Kier molecular flexibility index (Phi) is 3.76. The quantitative estimate of drug-likeness (QED) is 0.862. The molecule has 0 atom stereocenters. The summed E-state index contributed by atoms with van der Waals surface area (Å²) < 4.78 is 0. The Labute approximate surface area is 106 Å². The lowest BCUT2D eigenvalue weighted by Gasteiger charge is -2.03. The fraction of sp³-hybridized carbons (Fsp3) is 0. The van der Waals surface area contributed by atoms with Crippen LogP contribution in [-0.2, 0) is 0 Å². The average Bonchev–Trinajstić information content (AvgIpc) is 2.46. The van der Waals surface area contributed by atoms with Gasteiger partial charge in [0.15, 0.2) is 0 Å². The zero-order valence-electron chi connectivity index (χ0n) is 9.84. The maximum Gasteiger partial charge on any atom is 0.255 e. The number of carbonyl (C=O) groups is 1. The van der Waals surface area contributed by atoms with E-state index >= 15 is 0 Å². The topological polar surface area (TPSA) is 55.1 Å². The van der Waals surface area contributed by atoms with Gasteiger partial charge in [-0.2, -0.15) is 0 Å². The van der Waals surface area contributed by atoms with Crippen molar-refractivity contribution in [3.8, 4) is 0 Å². The zero-order chi connectivity index (χ0) is 12.8. The molecule has 1 amide bonds. The molecule has 0 heterocycles. The normalized spacial score (nSPS) is 11.0. The van der Waals surface area contributed by atoms with Crippen LogP contribution in [0.1, 0.15) is 15.9 Å². The molecule has 0 aliphatic carbocycles. The van der Waals surface area contributed by atoms with Crippen LogP contribution in [-0.4, -0.2) is 5.91 Å². The van der Waals surface area contributed by atoms with E-state index in [1.54, 1.807) is 12.1 Å². The average molecular weight is 238 g/mol. The molecule has 3 heteroatoms. The van der Waals surface area contributed by atoms with Gasteiger partial charge in [0.2, 0.25) is 0 Å². The van der Waals surface area contributed by atoms with Gasteiger partial charge in [-0.05, 0) is 17.7 Å². The summed E-state index contributed by atoms with van der Waals surface area (Å²) in [6, 6.07) is 18.5. The third-order valence-corrected chi connectivity index (χ3v) is 2.50. The molecule has 0 spiro atoms. The number of nitrogens with one attached hydrogen (secondary N) is 1. The number of hydrogen-bond donors (Lipinski definition) is 2. The number of amides is 1. The summed E-state index contributed by atoms with van der Waals surface area (Å²) in [6.45, 7) is 0. The molecule has 3 N–H and O–H groups in total. The van der Waals surface area contributed by atoms with Gasteiger partial charge in [-0.25, -0.2) is 0 Å². The maximum atomic E-state index is 11.8. The summed E-state index contributed by atoms with van der Waals surface area (Å²) in [4.78, 5) is 11.8. The van der Waals surface area contributed by atoms with E-state index in [0.717, 1.165) is 5.56 Å². The first-order valence-electron chi connectivity index (χ1n) is 5.64. The van der Waals surface area contributed by atoms with E-state index in [1.807, 2.05) is 48.5 Å². The molecule has 0 radical (unpaired) electrons. The molecule has 2 aromatic rings. The van der Waals surface area contributed by atoms with Crippen molar-refractivity contribution in [3.63, 3.8) is 0 Å². The molecule has 0 aromatic heterocycles. The Morgan fingerprint density at radius 3 is 1.94 bits per heavy atom. The van der Waals surface area contributed by atoms with Crippen molar-refractivity contribution in [1.29, 1.82) is 0 Å². The molecule has 3 nitrogen and oxygen atoms in total. The first-order chi connectivity index (χ1) is 8.77. The summed E-state index contributed by atoms with van der Waals surface area (Å²) in [7, 11) is 0. The van der Waals surface area contributed by atoms with Crippen LogP contribution in [0.2, 0.25) is 0 Å². The van der Waals surface area contributed by atoms with E-state index in [0.29, 0.717) is 11.3 Å². The summed E-state index contributed by atoms with van der Waals surface area (Å²) in [6.07, 6.45) is 1.52. The Morgan fingerprint density at radius 2 is 1.39 bits per heavy atom. The molecule has 18 heavy (non-hydrogen) atoms. The van der Waals surface area contributed by atoms with Crippen molar-refractivity contribution >= 4 is 11.6 Å². The lowest BCUT2D eigenvalue weighted by Crippen LogP contribution is -2.18. The number of rotatable bonds is 3. The van der Waals surface area contributed by atoms with Crippen LogP contribution in [0.15, 0.2) is 66.9 Å². The van der Waals surface area contributed by atoms with Gasteiger partial charge in [0.1, 0.15) is 0 Å². The highest BCUT2D eigenvalue weighted by molar-refractivity contribution is 5.95. The van der Waals surface area contributed by atoms with Crippen LogP contribution >= 0.6 is 0 Å². The van der Waals surface area contributed by atoms with Gasteiger partial charge in [-0.1, -0.05) is 48.5 Å². The molecule has 0 saturated heterocycles. The molecule has 2 rings (SSSR count). The van der Waals surface area contributed by atoms with Crippen molar-refractivity contribution in [1.82, 2.24) is 5.32 Å².